The SMILES string of the molecule is OC(Cc1ccc(Cl)cc1Cl)C1CC1. The fourth-order valence-corrected chi connectivity index (χ4v) is 2.05. The quantitative estimate of drug-likeness (QED) is 0.846. The average molecular weight is 231 g/mol. The van der Waals surface area contributed by atoms with Gasteiger partial charge in [-0.2, -0.15) is 0 Å². The van der Waals surface area contributed by atoms with Crippen LogP contribution in [-0.4, -0.2) is 11.2 Å². The Morgan fingerprint density at radius 2 is 2.07 bits per heavy atom. The summed E-state index contributed by atoms with van der Waals surface area (Å²) in [5, 5.41) is 11.0. The summed E-state index contributed by atoms with van der Waals surface area (Å²) in [5.41, 5.74) is 0.982. The van der Waals surface area contributed by atoms with Crippen LogP contribution in [0.4, 0.5) is 0 Å². The molecule has 0 saturated heterocycles. The van der Waals surface area contributed by atoms with E-state index in [1.807, 2.05) is 12.1 Å². The maximum atomic E-state index is 9.74. The molecule has 0 amide bonds. The van der Waals surface area contributed by atoms with E-state index in [1.54, 1.807) is 6.07 Å². The molecule has 1 nitrogen and oxygen atoms in total. The second kappa shape index (κ2) is 4.09. The molecule has 3 heteroatoms. The molecule has 76 valence electrons. The van der Waals surface area contributed by atoms with E-state index in [1.165, 1.54) is 0 Å². The minimum Gasteiger partial charge on any atom is -0.392 e. The van der Waals surface area contributed by atoms with E-state index >= 15 is 0 Å². The number of aliphatic hydroxyl groups is 1. The Bertz CT molecular complexity index is 334. The van der Waals surface area contributed by atoms with Crippen LogP contribution in [0.25, 0.3) is 0 Å². The molecular formula is C11H12Cl2O. The lowest BCUT2D eigenvalue weighted by atomic mass is 10.0. The van der Waals surface area contributed by atoms with Crippen LogP contribution >= 0.6 is 23.2 Å². The standard InChI is InChI=1S/C11H12Cl2O/c12-9-4-3-8(10(13)6-9)5-11(14)7-1-2-7/h3-4,6-7,11,14H,1-2,5H2. The highest BCUT2D eigenvalue weighted by Crippen LogP contribution is 2.35. The van der Waals surface area contributed by atoms with Crippen molar-refractivity contribution in [2.75, 3.05) is 0 Å². The van der Waals surface area contributed by atoms with E-state index in [4.69, 9.17) is 23.2 Å². The second-order valence-corrected chi connectivity index (χ2v) is 4.69. The molecule has 1 fully saturated rings. The first-order valence-electron chi connectivity index (χ1n) is 4.79. The van der Waals surface area contributed by atoms with Gasteiger partial charge in [0.05, 0.1) is 6.10 Å². The van der Waals surface area contributed by atoms with Crippen LogP contribution in [0.1, 0.15) is 18.4 Å². The summed E-state index contributed by atoms with van der Waals surface area (Å²) in [6.45, 7) is 0. The molecule has 0 radical (unpaired) electrons. The smallest absolute Gasteiger partial charge is 0.0609 e. The topological polar surface area (TPSA) is 20.2 Å². The predicted molar refractivity (Wildman–Crippen MR) is 58.9 cm³/mol. The van der Waals surface area contributed by atoms with Gasteiger partial charge in [0.1, 0.15) is 0 Å². The Kier molecular flexibility index (Phi) is 3.01. The van der Waals surface area contributed by atoms with Crippen LogP contribution in [0.2, 0.25) is 10.0 Å². The third-order valence-corrected chi connectivity index (χ3v) is 3.20. The molecule has 1 aliphatic carbocycles. The summed E-state index contributed by atoms with van der Waals surface area (Å²) < 4.78 is 0. The van der Waals surface area contributed by atoms with Gasteiger partial charge >= 0.3 is 0 Å². The maximum Gasteiger partial charge on any atom is 0.0609 e. The van der Waals surface area contributed by atoms with Crippen molar-refractivity contribution in [3.8, 4) is 0 Å². The van der Waals surface area contributed by atoms with Crippen molar-refractivity contribution in [3.63, 3.8) is 0 Å². The molecule has 1 N–H and O–H groups in total. The molecule has 0 bridgehead atoms. The van der Waals surface area contributed by atoms with Crippen LogP contribution in [0.15, 0.2) is 18.2 Å². The number of halogens is 2. The minimum atomic E-state index is -0.242. The summed E-state index contributed by atoms with van der Waals surface area (Å²) in [6.07, 6.45) is 2.69. The number of aliphatic hydroxyl groups excluding tert-OH is 1. The largest absolute Gasteiger partial charge is 0.392 e. The van der Waals surface area contributed by atoms with Crippen LogP contribution in [0.3, 0.4) is 0 Å². The van der Waals surface area contributed by atoms with Gasteiger partial charge < -0.3 is 5.11 Å². The van der Waals surface area contributed by atoms with Crippen molar-refractivity contribution < 1.29 is 5.11 Å². The van der Waals surface area contributed by atoms with E-state index in [9.17, 15) is 5.11 Å². The van der Waals surface area contributed by atoms with Crippen molar-refractivity contribution in [1.82, 2.24) is 0 Å². The molecule has 1 aliphatic rings. The normalized spacial score (nSPS) is 18.2. The Balaban J connectivity index is 2.07. The van der Waals surface area contributed by atoms with Gasteiger partial charge in [-0.1, -0.05) is 29.3 Å². The first-order chi connectivity index (χ1) is 6.66. The fraction of sp³-hybridized carbons (Fsp3) is 0.455. The molecular weight excluding hydrogens is 219 g/mol. The summed E-state index contributed by atoms with van der Waals surface area (Å²) >= 11 is 11.8. The van der Waals surface area contributed by atoms with Crippen molar-refractivity contribution in [3.05, 3.63) is 33.8 Å². The van der Waals surface area contributed by atoms with Gasteiger partial charge in [-0.3, -0.25) is 0 Å². The molecule has 0 spiro atoms. The molecule has 0 aromatic heterocycles. The fourth-order valence-electron chi connectivity index (χ4n) is 1.56. The monoisotopic (exact) mass is 230 g/mol. The van der Waals surface area contributed by atoms with Crippen molar-refractivity contribution in [1.29, 1.82) is 0 Å². The highest BCUT2D eigenvalue weighted by atomic mass is 35.5. The molecule has 1 atom stereocenters. The van der Waals surface area contributed by atoms with Gasteiger partial charge in [-0.15, -0.1) is 0 Å². The number of hydrogen-bond acceptors (Lipinski definition) is 1. The summed E-state index contributed by atoms with van der Waals surface area (Å²) in [6, 6.07) is 5.41. The van der Waals surface area contributed by atoms with E-state index in [0.717, 1.165) is 18.4 Å². The van der Waals surface area contributed by atoms with Gasteiger partial charge in [0.15, 0.2) is 0 Å². The van der Waals surface area contributed by atoms with E-state index in [-0.39, 0.29) is 6.10 Å². The van der Waals surface area contributed by atoms with Gasteiger partial charge in [-0.05, 0) is 36.5 Å². The first kappa shape index (κ1) is 10.3. The van der Waals surface area contributed by atoms with E-state index < -0.39 is 0 Å². The van der Waals surface area contributed by atoms with Gasteiger partial charge in [0.2, 0.25) is 0 Å². The van der Waals surface area contributed by atoms with Crippen molar-refractivity contribution >= 4 is 23.2 Å². The molecule has 1 aromatic carbocycles. The second-order valence-electron chi connectivity index (χ2n) is 3.84. The molecule has 0 aliphatic heterocycles. The molecule has 1 aromatic rings. The van der Waals surface area contributed by atoms with Crippen molar-refractivity contribution in [2.24, 2.45) is 5.92 Å². The maximum absolute atomic E-state index is 9.74. The number of hydrogen-bond donors (Lipinski definition) is 1. The van der Waals surface area contributed by atoms with Crippen LogP contribution in [-0.2, 0) is 6.42 Å². The molecule has 0 heterocycles. The molecule has 14 heavy (non-hydrogen) atoms. The Labute approximate surface area is 93.7 Å². The van der Waals surface area contributed by atoms with Crippen LogP contribution in [0.5, 0.6) is 0 Å². The lowest BCUT2D eigenvalue weighted by molar-refractivity contribution is 0.151. The summed E-state index contributed by atoms with van der Waals surface area (Å²) in [5.74, 6) is 0.488. The van der Waals surface area contributed by atoms with Crippen LogP contribution < -0.4 is 0 Å². The number of benzene rings is 1. The summed E-state index contributed by atoms with van der Waals surface area (Å²) in [4.78, 5) is 0. The van der Waals surface area contributed by atoms with Gasteiger partial charge in [0, 0.05) is 16.5 Å². The molecule has 2 rings (SSSR count). The average Bonchev–Trinajstić information content (AvgIpc) is 2.92. The third-order valence-electron chi connectivity index (χ3n) is 2.61. The van der Waals surface area contributed by atoms with E-state index in [0.29, 0.717) is 22.4 Å². The van der Waals surface area contributed by atoms with Crippen molar-refractivity contribution in [2.45, 2.75) is 25.4 Å². The van der Waals surface area contributed by atoms with Crippen LogP contribution in [0, 0.1) is 5.92 Å². The zero-order valence-corrected chi connectivity index (χ0v) is 9.22. The zero-order valence-electron chi connectivity index (χ0n) is 7.71. The Morgan fingerprint density at radius 3 is 2.64 bits per heavy atom. The third kappa shape index (κ3) is 2.41. The highest BCUT2D eigenvalue weighted by molar-refractivity contribution is 6.35. The lowest BCUT2D eigenvalue weighted by Gasteiger charge is -2.10. The van der Waals surface area contributed by atoms with Gasteiger partial charge in [-0.25, -0.2) is 0 Å². The minimum absolute atomic E-state index is 0.242. The van der Waals surface area contributed by atoms with Gasteiger partial charge in [0.25, 0.3) is 0 Å². The number of rotatable bonds is 3. The highest BCUT2D eigenvalue weighted by Gasteiger charge is 2.29. The van der Waals surface area contributed by atoms with E-state index in [2.05, 4.69) is 0 Å². The lowest BCUT2D eigenvalue weighted by Crippen LogP contribution is -2.12. The Hall–Kier alpha value is -0.240. The zero-order chi connectivity index (χ0) is 10.1. The molecule has 1 unspecified atom stereocenters. The molecule has 1 saturated carbocycles. The predicted octanol–water partition coefficient (Wildman–Crippen LogP) is 3.31. The Morgan fingerprint density at radius 1 is 1.36 bits per heavy atom. The summed E-state index contributed by atoms with van der Waals surface area (Å²) in [7, 11) is 0. The first-order valence-corrected chi connectivity index (χ1v) is 5.54.